The first-order valence-electron chi connectivity index (χ1n) is 10.1. The third-order valence-corrected chi connectivity index (χ3v) is 7.15. The second-order valence-electron chi connectivity index (χ2n) is 7.63. The first kappa shape index (κ1) is 24.6. The highest BCUT2D eigenvalue weighted by Gasteiger charge is 2.24. The highest BCUT2D eigenvalue weighted by Crippen LogP contribution is 2.25. The van der Waals surface area contributed by atoms with Crippen LogP contribution < -0.4 is 10.6 Å². The molecule has 3 heterocycles. The third-order valence-electron chi connectivity index (χ3n) is 5.17. The van der Waals surface area contributed by atoms with Crippen LogP contribution in [0.5, 0.6) is 0 Å². The summed E-state index contributed by atoms with van der Waals surface area (Å²) in [7, 11) is 0. The molecular weight excluding hydrogens is 515 g/mol. The molecule has 29 heavy (non-hydrogen) atoms. The molecule has 1 aliphatic heterocycles. The summed E-state index contributed by atoms with van der Waals surface area (Å²) in [4.78, 5) is 9.59. The minimum atomic E-state index is -0.927. The molecule has 3 N–H and O–H groups in total. The number of thiophene rings is 2. The van der Waals surface area contributed by atoms with Crippen molar-refractivity contribution in [1.82, 2.24) is 15.5 Å². The molecule has 1 saturated heterocycles. The molecule has 0 saturated carbocycles. The largest absolute Gasteiger partial charge is 0.383 e. The normalized spacial score (nSPS) is 18.1. The number of guanidine groups is 1. The van der Waals surface area contributed by atoms with Gasteiger partial charge in [0.2, 0.25) is 0 Å². The quantitative estimate of drug-likeness (QED) is 0.264. The molecule has 0 bridgehead atoms. The Morgan fingerprint density at radius 2 is 1.93 bits per heavy atom. The summed E-state index contributed by atoms with van der Waals surface area (Å²) in [5.41, 5.74) is -0.927. The van der Waals surface area contributed by atoms with Gasteiger partial charge in [0.05, 0.1) is 6.54 Å². The highest BCUT2D eigenvalue weighted by molar-refractivity contribution is 14.0. The predicted octanol–water partition coefficient (Wildman–Crippen LogP) is 4.10. The van der Waals surface area contributed by atoms with E-state index in [9.17, 15) is 5.11 Å². The fraction of sp³-hybridized carbons (Fsp3) is 0.571. The lowest BCUT2D eigenvalue weighted by atomic mass is 9.97. The van der Waals surface area contributed by atoms with Crippen LogP contribution in [-0.4, -0.2) is 48.7 Å². The molecule has 1 unspecified atom stereocenters. The van der Waals surface area contributed by atoms with Crippen LogP contribution in [-0.2, 0) is 12.1 Å². The van der Waals surface area contributed by atoms with Crippen molar-refractivity contribution in [2.24, 2.45) is 10.9 Å². The van der Waals surface area contributed by atoms with Crippen molar-refractivity contribution in [2.45, 2.75) is 38.8 Å². The number of likely N-dealkylation sites (tertiary alicyclic amines) is 1. The second kappa shape index (κ2) is 12.2. The van der Waals surface area contributed by atoms with E-state index in [1.807, 2.05) is 35.8 Å². The van der Waals surface area contributed by atoms with Crippen LogP contribution in [0.3, 0.4) is 0 Å². The van der Waals surface area contributed by atoms with E-state index >= 15 is 0 Å². The molecule has 0 amide bonds. The molecule has 2 aromatic heterocycles. The van der Waals surface area contributed by atoms with E-state index in [-0.39, 0.29) is 24.0 Å². The summed E-state index contributed by atoms with van der Waals surface area (Å²) in [5.74, 6) is 1.46. The van der Waals surface area contributed by atoms with Crippen molar-refractivity contribution in [3.8, 4) is 0 Å². The van der Waals surface area contributed by atoms with Crippen LogP contribution in [0.1, 0.15) is 36.4 Å². The van der Waals surface area contributed by atoms with Gasteiger partial charge in [0.1, 0.15) is 5.60 Å². The van der Waals surface area contributed by atoms with Gasteiger partial charge in [0, 0.05) is 29.4 Å². The highest BCUT2D eigenvalue weighted by atomic mass is 127. The summed E-state index contributed by atoms with van der Waals surface area (Å²) in [6.45, 7) is 9.39. The lowest BCUT2D eigenvalue weighted by Gasteiger charge is -2.32. The van der Waals surface area contributed by atoms with Crippen molar-refractivity contribution < 1.29 is 5.11 Å². The second-order valence-corrected chi connectivity index (χ2v) is 9.61. The number of halogens is 1. The fourth-order valence-electron chi connectivity index (χ4n) is 3.45. The van der Waals surface area contributed by atoms with E-state index in [4.69, 9.17) is 0 Å². The smallest absolute Gasteiger partial charge is 0.191 e. The summed E-state index contributed by atoms with van der Waals surface area (Å²) >= 11 is 3.41. The molecule has 1 aliphatic rings. The Labute approximate surface area is 199 Å². The molecule has 1 atom stereocenters. The van der Waals surface area contributed by atoms with Crippen molar-refractivity contribution >= 4 is 52.6 Å². The number of hydrogen-bond acceptors (Lipinski definition) is 5. The van der Waals surface area contributed by atoms with Crippen LogP contribution in [0.15, 0.2) is 40.0 Å². The molecule has 2 aromatic rings. The van der Waals surface area contributed by atoms with E-state index < -0.39 is 5.60 Å². The topological polar surface area (TPSA) is 59.9 Å². The Morgan fingerprint density at radius 1 is 1.21 bits per heavy atom. The van der Waals surface area contributed by atoms with E-state index in [1.165, 1.54) is 17.7 Å². The Kier molecular flexibility index (Phi) is 10.4. The monoisotopic (exact) mass is 548 g/mol. The van der Waals surface area contributed by atoms with Crippen LogP contribution in [0.4, 0.5) is 0 Å². The molecule has 3 rings (SSSR count). The minimum absolute atomic E-state index is 0. The number of nitrogens with one attached hydrogen (secondary N) is 2. The van der Waals surface area contributed by atoms with Crippen LogP contribution >= 0.6 is 46.7 Å². The number of aliphatic imine (C=N–C) groups is 1. The molecule has 0 spiro atoms. The molecule has 0 aromatic carbocycles. The van der Waals surface area contributed by atoms with E-state index in [0.717, 1.165) is 43.6 Å². The zero-order valence-electron chi connectivity index (χ0n) is 17.3. The van der Waals surface area contributed by atoms with Crippen molar-refractivity contribution in [3.05, 3.63) is 44.8 Å². The van der Waals surface area contributed by atoms with E-state index in [2.05, 4.69) is 45.0 Å². The van der Waals surface area contributed by atoms with Gasteiger partial charge in [-0.1, -0.05) is 12.1 Å². The maximum Gasteiger partial charge on any atom is 0.191 e. The molecule has 1 fully saturated rings. The maximum atomic E-state index is 10.7. The van der Waals surface area contributed by atoms with Crippen LogP contribution in [0.2, 0.25) is 0 Å². The molecule has 5 nitrogen and oxygen atoms in total. The van der Waals surface area contributed by atoms with Gasteiger partial charge in [-0.05, 0) is 68.6 Å². The molecule has 162 valence electrons. The Hall–Kier alpha value is -0.680. The fourth-order valence-corrected chi connectivity index (χ4v) is 4.98. The minimum Gasteiger partial charge on any atom is -0.383 e. The van der Waals surface area contributed by atoms with Gasteiger partial charge in [-0.3, -0.25) is 4.90 Å². The summed E-state index contributed by atoms with van der Waals surface area (Å²) in [6.07, 6.45) is 2.43. The Morgan fingerprint density at radius 3 is 2.55 bits per heavy atom. The third kappa shape index (κ3) is 7.82. The van der Waals surface area contributed by atoms with Gasteiger partial charge in [0.25, 0.3) is 0 Å². The van der Waals surface area contributed by atoms with E-state index in [1.54, 1.807) is 11.3 Å². The number of piperidine rings is 1. The van der Waals surface area contributed by atoms with Gasteiger partial charge in [-0.15, -0.1) is 46.7 Å². The predicted molar refractivity (Wildman–Crippen MR) is 136 cm³/mol. The van der Waals surface area contributed by atoms with Crippen molar-refractivity contribution in [3.63, 3.8) is 0 Å². The number of aliphatic hydroxyl groups is 1. The lowest BCUT2D eigenvalue weighted by Crippen LogP contribution is -2.43. The van der Waals surface area contributed by atoms with Gasteiger partial charge in [-0.25, -0.2) is 4.99 Å². The average molecular weight is 549 g/mol. The first-order chi connectivity index (χ1) is 13.6. The van der Waals surface area contributed by atoms with Gasteiger partial charge < -0.3 is 15.7 Å². The van der Waals surface area contributed by atoms with Crippen molar-refractivity contribution in [1.29, 1.82) is 0 Å². The molecular formula is C21H33IN4OS2. The molecule has 0 radical (unpaired) electrons. The Bertz CT molecular complexity index is 711. The molecule has 8 heteroatoms. The SMILES string of the molecule is CCNC(=NCC(C)(O)c1cccs1)NCC1CCN(Cc2cccs2)CC1.I. The van der Waals surface area contributed by atoms with Gasteiger partial charge in [-0.2, -0.15) is 0 Å². The number of nitrogens with zero attached hydrogens (tertiary/aromatic N) is 2. The number of hydrogen-bond donors (Lipinski definition) is 3. The first-order valence-corrected chi connectivity index (χ1v) is 11.9. The summed E-state index contributed by atoms with van der Waals surface area (Å²) in [6, 6.07) is 8.29. The summed E-state index contributed by atoms with van der Waals surface area (Å²) < 4.78 is 0. The van der Waals surface area contributed by atoms with Crippen molar-refractivity contribution in [2.75, 3.05) is 32.7 Å². The zero-order valence-corrected chi connectivity index (χ0v) is 21.2. The standard InChI is InChI=1S/C21H32N4OS2.HI/c1-3-22-20(24-16-21(2,26)19-7-5-13-28-19)23-14-17-8-10-25(11-9-17)15-18-6-4-12-27-18;/h4-7,12-13,17,26H,3,8-11,14-16H2,1-2H3,(H2,22,23,24);1H. The average Bonchev–Trinajstić information content (AvgIpc) is 3.39. The lowest BCUT2D eigenvalue weighted by molar-refractivity contribution is 0.0711. The maximum absolute atomic E-state index is 10.7. The van der Waals surface area contributed by atoms with E-state index in [0.29, 0.717) is 12.5 Å². The molecule has 0 aliphatic carbocycles. The summed E-state index contributed by atoms with van der Waals surface area (Å²) in [5, 5.41) is 21.6. The van der Waals surface area contributed by atoms with Gasteiger partial charge in [0.15, 0.2) is 5.96 Å². The van der Waals surface area contributed by atoms with Crippen LogP contribution in [0.25, 0.3) is 0 Å². The number of rotatable bonds is 8. The Balaban J connectivity index is 0.00000300. The van der Waals surface area contributed by atoms with Crippen LogP contribution in [0, 0.1) is 5.92 Å². The zero-order chi connectivity index (χ0) is 19.8. The van der Waals surface area contributed by atoms with Gasteiger partial charge >= 0.3 is 0 Å².